The van der Waals surface area contributed by atoms with Gasteiger partial charge in [-0.15, -0.1) is 15.3 Å². The molecule has 0 saturated heterocycles. The van der Waals surface area contributed by atoms with Crippen LogP contribution in [0.4, 0.5) is 34.1 Å². The molecule has 44 heavy (non-hydrogen) atoms. The van der Waals surface area contributed by atoms with Crippen LogP contribution in [0.2, 0.25) is 0 Å². The van der Waals surface area contributed by atoms with Crippen LogP contribution in [0, 0.1) is 13.8 Å². The second kappa shape index (κ2) is 12.5. The van der Waals surface area contributed by atoms with E-state index in [-0.39, 0.29) is 11.4 Å². The van der Waals surface area contributed by atoms with Gasteiger partial charge in [0.15, 0.2) is 5.75 Å². The minimum absolute atomic E-state index is 0.236. The van der Waals surface area contributed by atoms with Gasteiger partial charge in [-0.25, -0.2) is 0 Å². The molecule has 0 amide bonds. The maximum atomic E-state index is 12.4. The summed E-state index contributed by atoms with van der Waals surface area (Å²) in [6.45, 7) is 3.73. The van der Waals surface area contributed by atoms with Crippen molar-refractivity contribution in [3.8, 4) is 17.2 Å². The highest BCUT2D eigenvalue weighted by molar-refractivity contribution is 7.86. The van der Waals surface area contributed by atoms with Gasteiger partial charge in [-0.05, 0) is 85.0 Å². The van der Waals surface area contributed by atoms with Crippen molar-refractivity contribution in [3.63, 3.8) is 0 Å². The number of aromatic hydroxyl groups is 1. The van der Waals surface area contributed by atoms with E-state index in [1.807, 2.05) is 55.5 Å². The molecule has 0 aromatic heterocycles. The van der Waals surface area contributed by atoms with E-state index >= 15 is 0 Å². The fraction of sp³-hybridized carbons (Fsp3) is 0.125. The van der Waals surface area contributed by atoms with Gasteiger partial charge in [-0.2, -0.15) is 13.5 Å². The van der Waals surface area contributed by atoms with E-state index in [4.69, 9.17) is 9.47 Å². The minimum Gasteiger partial charge on any atom is -0.505 e. The Hall–Kier alpha value is -5.33. The molecule has 0 aliphatic heterocycles. The molecule has 0 spiro atoms. The number of fused-ring (bicyclic) bond motifs is 1. The highest BCUT2D eigenvalue weighted by Gasteiger charge is 2.22. The number of phenolic OH excluding ortho intramolecular Hbond substituents is 1. The summed E-state index contributed by atoms with van der Waals surface area (Å²) in [5, 5.41) is 31.9. The van der Waals surface area contributed by atoms with Crippen LogP contribution < -0.4 is 14.8 Å². The Balaban J connectivity index is 1.52. The van der Waals surface area contributed by atoms with Crippen molar-refractivity contribution in [1.82, 2.24) is 0 Å². The maximum absolute atomic E-state index is 12.4. The number of hydrogen-bond donors (Lipinski definition) is 3. The summed E-state index contributed by atoms with van der Waals surface area (Å²) in [5.41, 5.74) is 4.01. The largest absolute Gasteiger partial charge is 0.505 e. The van der Waals surface area contributed by atoms with Gasteiger partial charge in [0.05, 0.1) is 19.9 Å². The number of azo groups is 2. The molecular formula is C32H29N5O6S. The van der Waals surface area contributed by atoms with E-state index in [2.05, 4.69) is 25.8 Å². The summed E-state index contributed by atoms with van der Waals surface area (Å²) in [5.74, 6) is 0.385. The first-order valence-corrected chi connectivity index (χ1v) is 14.8. The number of anilines is 2. The average molecular weight is 612 g/mol. The number of methoxy groups -OCH3 is 2. The van der Waals surface area contributed by atoms with Crippen LogP contribution in [0.25, 0.3) is 10.8 Å². The third-order valence-electron chi connectivity index (χ3n) is 6.75. The Morgan fingerprint density at radius 2 is 1.39 bits per heavy atom. The van der Waals surface area contributed by atoms with Crippen LogP contribution in [0.5, 0.6) is 17.2 Å². The highest BCUT2D eigenvalue weighted by Crippen LogP contribution is 2.44. The van der Waals surface area contributed by atoms with Crippen molar-refractivity contribution in [1.29, 1.82) is 0 Å². The van der Waals surface area contributed by atoms with Crippen molar-refractivity contribution >= 4 is 55.0 Å². The molecule has 5 rings (SSSR count). The summed E-state index contributed by atoms with van der Waals surface area (Å²) >= 11 is 0. The van der Waals surface area contributed by atoms with Gasteiger partial charge in [0, 0.05) is 22.8 Å². The van der Waals surface area contributed by atoms with Gasteiger partial charge >= 0.3 is 0 Å². The van der Waals surface area contributed by atoms with Crippen molar-refractivity contribution < 1.29 is 27.6 Å². The molecule has 5 aromatic carbocycles. The summed E-state index contributed by atoms with van der Waals surface area (Å²) in [6, 6.07) is 24.5. The normalized spacial score (nSPS) is 11.8. The van der Waals surface area contributed by atoms with E-state index in [9.17, 15) is 18.1 Å². The molecule has 224 valence electrons. The lowest BCUT2D eigenvalue weighted by Gasteiger charge is -2.12. The fourth-order valence-electron chi connectivity index (χ4n) is 4.51. The molecule has 0 bridgehead atoms. The molecular weight excluding hydrogens is 582 g/mol. The summed E-state index contributed by atoms with van der Waals surface area (Å²) in [6.07, 6.45) is 0. The lowest BCUT2D eigenvalue weighted by atomic mass is 10.1. The zero-order valence-corrected chi connectivity index (χ0v) is 25.1. The number of para-hydroxylation sites is 1. The predicted molar refractivity (Wildman–Crippen MR) is 169 cm³/mol. The monoisotopic (exact) mass is 611 g/mol. The second-order valence-electron chi connectivity index (χ2n) is 9.86. The number of rotatable bonds is 9. The van der Waals surface area contributed by atoms with Crippen LogP contribution in [0.1, 0.15) is 11.1 Å². The first kappa shape index (κ1) is 30.1. The molecule has 0 unspecified atom stereocenters. The van der Waals surface area contributed by atoms with Gasteiger partial charge in [-0.3, -0.25) is 4.55 Å². The number of ether oxygens (including phenoxy) is 2. The molecule has 0 heterocycles. The molecule has 11 nitrogen and oxygen atoms in total. The van der Waals surface area contributed by atoms with Gasteiger partial charge in [0.25, 0.3) is 10.1 Å². The summed E-state index contributed by atoms with van der Waals surface area (Å²) < 4.78 is 45.7. The van der Waals surface area contributed by atoms with Crippen LogP contribution in [-0.4, -0.2) is 32.3 Å². The number of nitrogens with one attached hydrogen (secondary N) is 1. The molecule has 12 heteroatoms. The Kier molecular flexibility index (Phi) is 8.56. The number of benzene rings is 5. The van der Waals surface area contributed by atoms with E-state index in [1.165, 1.54) is 13.2 Å². The first-order chi connectivity index (χ1) is 21.1. The van der Waals surface area contributed by atoms with Crippen LogP contribution >= 0.6 is 0 Å². The Labute approximate surface area is 254 Å². The van der Waals surface area contributed by atoms with Crippen molar-refractivity contribution in [2.45, 2.75) is 18.7 Å². The predicted octanol–water partition coefficient (Wildman–Crippen LogP) is 9.00. The standard InChI is InChI=1S/C32H29N5O6S/c1-19-10-13-28(42-3)26(14-19)35-34-25-18-29(43-4)27(15-20(25)2)36-37-31-30(44(39,40)41)17-21-16-23(11-12-24(21)32(31)38)33-22-8-6-5-7-9-22/h5-18,33,38H,1-4H3,(H,39,40,41). The van der Waals surface area contributed by atoms with Gasteiger partial charge in [-0.1, -0.05) is 24.3 Å². The molecule has 0 radical (unpaired) electrons. The smallest absolute Gasteiger partial charge is 0.296 e. The van der Waals surface area contributed by atoms with E-state index in [0.29, 0.717) is 39.1 Å². The van der Waals surface area contributed by atoms with E-state index < -0.39 is 26.5 Å². The maximum Gasteiger partial charge on any atom is 0.296 e. The van der Waals surface area contributed by atoms with Crippen molar-refractivity contribution in [2.75, 3.05) is 19.5 Å². The molecule has 0 aliphatic carbocycles. The second-order valence-corrected chi connectivity index (χ2v) is 11.2. The molecule has 5 aromatic rings. The average Bonchev–Trinajstić information content (AvgIpc) is 3.00. The SMILES string of the molecule is COc1ccc(C)cc1N=Nc1cc(OC)c(N=Nc2c(S(=O)(=O)O)cc3cc(Nc4ccccc4)ccc3c2O)cc1C. The van der Waals surface area contributed by atoms with Gasteiger partial charge in [0.2, 0.25) is 0 Å². The van der Waals surface area contributed by atoms with Gasteiger partial charge in [0.1, 0.15) is 33.5 Å². The fourth-order valence-corrected chi connectivity index (χ4v) is 5.17. The molecule has 3 N–H and O–H groups in total. The zero-order valence-electron chi connectivity index (χ0n) is 24.3. The first-order valence-electron chi connectivity index (χ1n) is 13.3. The number of phenols is 1. The molecule has 0 atom stereocenters. The van der Waals surface area contributed by atoms with Crippen LogP contribution in [0.3, 0.4) is 0 Å². The number of nitrogens with zero attached hydrogens (tertiary/aromatic N) is 4. The number of aryl methyl sites for hydroxylation is 2. The third-order valence-corrected chi connectivity index (χ3v) is 7.61. The van der Waals surface area contributed by atoms with E-state index in [1.54, 1.807) is 44.4 Å². The van der Waals surface area contributed by atoms with E-state index in [0.717, 1.165) is 11.3 Å². The Morgan fingerprint density at radius 1 is 0.705 bits per heavy atom. The highest BCUT2D eigenvalue weighted by atomic mass is 32.2. The van der Waals surface area contributed by atoms with Crippen molar-refractivity contribution in [3.05, 3.63) is 96.1 Å². The van der Waals surface area contributed by atoms with Crippen LogP contribution in [0.15, 0.2) is 110 Å². The third kappa shape index (κ3) is 6.51. The minimum atomic E-state index is -4.80. The number of hydrogen-bond acceptors (Lipinski definition) is 10. The van der Waals surface area contributed by atoms with Gasteiger partial charge < -0.3 is 19.9 Å². The lowest BCUT2D eigenvalue weighted by Crippen LogP contribution is -1.99. The summed E-state index contributed by atoms with van der Waals surface area (Å²) in [7, 11) is -1.81. The lowest BCUT2D eigenvalue weighted by molar-refractivity contribution is 0.415. The molecule has 0 fully saturated rings. The molecule has 0 saturated carbocycles. The van der Waals surface area contributed by atoms with Crippen molar-refractivity contribution in [2.24, 2.45) is 20.5 Å². The quantitative estimate of drug-likeness (QED) is 0.111. The molecule has 0 aliphatic rings. The topological polar surface area (TPSA) is 155 Å². The Bertz CT molecular complexity index is 2030. The zero-order chi connectivity index (χ0) is 31.4. The van der Waals surface area contributed by atoms with Crippen LogP contribution in [-0.2, 0) is 10.1 Å². The summed E-state index contributed by atoms with van der Waals surface area (Å²) in [4.78, 5) is -0.601. The Morgan fingerprint density at radius 3 is 2.09 bits per heavy atom.